The highest BCUT2D eigenvalue weighted by Gasteiger charge is 2.30. The molecular formula is C22H22N2O6S. The van der Waals surface area contributed by atoms with E-state index in [1.165, 1.54) is 16.4 Å². The maximum absolute atomic E-state index is 12.6. The lowest BCUT2D eigenvalue weighted by Crippen LogP contribution is -2.40. The number of rotatable bonds is 7. The summed E-state index contributed by atoms with van der Waals surface area (Å²) in [6.45, 7) is 1.41. The molecule has 3 aromatic rings. The molecule has 2 aromatic carbocycles. The topological polar surface area (TPSA) is 98.1 Å². The van der Waals surface area contributed by atoms with Crippen LogP contribution >= 0.6 is 0 Å². The van der Waals surface area contributed by atoms with Crippen molar-refractivity contribution < 1.29 is 27.1 Å². The molecule has 0 unspecified atom stereocenters. The van der Waals surface area contributed by atoms with E-state index in [1.54, 1.807) is 0 Å². The summed E-state index contributed by atoms with van der Waals surface area (Å²) in [6.07, 6.45) is 0. The third-order valence-corrected chi connectivity index (χ3v) is 6.47. The molecule has 1 aromatic heterocycles. The number of sulfonamides is 1. The van der Waals surface area contributed by atoms with Gasteiger partial charge in [-0.3, -0.25) is 4.79 Å². The number of ether oxygens (including phenoxy) is 2. The van der Waals surface area contributed by atoms with Crippen molar-refractivity contribution in [1.29, 1.82) is 0 Å². The van der Waals surface area contributed by atoms with E-state index < -0.39 is 15.9 Å². The standard InChI is InChI=1S/C22H22N2O6S/c25-22(20-9-10-21(30-20)31(26,27)24-11-13-28-14-12-24)23-16-17-5-4-8-19(15-17)29-18-6-2-1-3-7-18/h1-10,15H,11-14,16H2,(H,23,25). The fraction of sp³-hybridized carbons (Fsp3) is 0.227. The normalized spacial score (nSPS) is 14.8. The number of carbonyl (C=O) groups excluding carboxylic acids is 1. The molecule has 0 spiro atoms. The summed E-state index contributed by atoms with van der Waals surface area (Å²) in [5, 5.41) is 2.48. The summed E-state index contributed by atoms with van der Waals surface area (Å²) in [4.78, 5) is 12.4. The second-order valence-electron chi connectivity index (χ2n) is 6.88. The first kappa shape index (κ1) is 21.1. The SMILES string of the molecule is O=C(NCc1cccc(Oc2ccccc2)c1)c1ccc(S(=O)(=O)N2CCOCC2)o1. The van der Waals surface area contributed by atoms with Gasteiger partial charge in [-0.1, -0.05) is 30.3 Å². The highest BCUT2D eigenvalue weighted by atomic mass is 32.2. The molecule has 1 aliphatic rings. The lowest BCUT2D eigenvalue weighted by Gasteiger charge is -2.24. The minimum absolute atomic E-state index is 0.0662. The molecule has 4 rings (SSSR count). The molecule has 162 valence electrons. The van der Waals surface area contributed by atoms with E-state index in [1.807, 2.05) is 54.6 Å². The zero-order valence-electron chi connectivity index (χ0n) is 16.7. The number of furan rings is 1. The summed E-state index contributed by atoms with van der Waals surface area (Å²) in [7, 11) is -3.79. The van der Waals surface area contributed by atoms with Crippen molar-refractivity contribution in [3.05, 3.63) is 78.1 Å². The number of hydrogen-bond donors (Lipinski definition) is 1. The smallest absolute Gasteiger partial charge is 0.287 e. The second-order valence-corrected chi connectivity index (χ2v) is 8.75. The van der Waals surface area contributed by atoms with Gasteiger partial charge >= 0.3 is 0 Å². The third kappa shape index (κ3) is 5.13. The molecular weight excluding hydrogens is 420 g/mol. The summed E-state index contributed by atoms with van der Waals surface area (Å²) in [6, 6.07) is 19.4. The van der Waals surface area contributed by atoms with Crippen LogP contribution < -0.4 is 10.1 Å². The molecule has 0 bridgehead atoms. The van der Waals surface area contributed by atoms with Crippen LogP contribution in [0.1, 0.15) is 16.1 Å². The Kier molecular flexibility index (Phi) is 6.36. The van der Waals surface area contributed by atoms with Gasteiger partial charge in [-0.2, -0.15) is 4.31 Å². The van der Waals surface area contributed by atoms with Gasteiger partial charge in [0.2, 0.25) is 5.09 Å². The minimum Gasteiger partial charge on any atom is -0.457 e. The average molecular weight is 442 g/mol. The largest absolute Gasteiger partial charge is 0.457 e. The van der Waals surface area contributed by atoms with Gasteiger partial charge in [0.15, 0.2) is 5.76 Å². The van der Waals surface area contributed by atoms with E-state index in [-0.39, 0.29) is 30.5 Å². The molecule has 0 saturated carbocycles. The van der Waals surface area contributed by atoms with Gasteiger partial charge < -0.3 is 19.2 Å². The minimum atomic E-state index is -3.79. The van der Waals surface area contributed by atoms with Gasteiger partial charge in [0.1, 0.15) is 11.5 Å². The number of para-hydroxylation sites is 1. The number of nitrogens with one attached hydrogen (secondary N) is 1. The molecule has 31 heavy (non-hydrogen) atoms. The van der Waals surface area contributed by atoms with Crippen molar-refractivity contribution >= 4 is 15.9 Å². The van der Waals surface area contributed by atoms with Crippen molar-refractivity contribution in [3.63, 3.8) is 0 Å². The molecule has 0 atom stereocenters. The van der Waals surface area contributed by atoms with Gasteiger partial charge in [0.05, 0.1) is 13.2 Å². The number of nitrogens with zero attached hydrogens (tertiary/aromatic N) is 1. The Morgan fingerprint density at radius 2 is 1.71 bits per heavy atom. The van der Waals surface area contributed by atoms with Crippen LogP contribution in [0.25, 0.3) is 0 Å². The van der Waals surface area contributed by atoms with Crippen LogP contribution in [0.4, 0.5) is 0 Å². The van der Waals surface area contributed by atoms with Crippen molar-refractivity contribution in [2.45, 2.75) is 11.6 Å². The van der Waals surface area contributed by atoms with E-state index in [0.29, 0.717) is 24.7 Å². The first-order chi connectivity index (χ1) is 15.0. The van der Waals surface area contributed by atoms with Crippen molar-refractivity contribution in [2.75, 3.05) is 26.3 Å². The number of amides is 1. The predicted molar refractivity (Wildman–Crippen MR) is 112 cm³/mol. The van der Waals surface area contributed by atoms with Gasteiger partial charge in [0, 0.05) is 19.6 Å². The van der Waals surface area contributed by atoms with Crippen LogP contribution in [0, 0.1) is 0 Å². The van der Waals surface area contributed by atoms with Gasteiger partial charge in [-0.05, 0) is 42.0 Å². The van der Waals surface area contributed by atoms with Crippen LogP contribution in [-0.4, -0.2) is 44.9 Å². The Bertz CT molecular complexity index is 1140. The predicted octanol–water partition coefficient (Wildman–Crippen LogP) is 3.02. The fourth-order valence-electron chi connectivity index (χ4n) is 3.11. The Morgan fingerprint density at radius 1 is 0.968 bits per heavy atom. The Morgan fingerprint density at radius 3 is 2.48 bits per heavy atom. The van der Waals surface area contributed by atoms with E-state index in [9.17, 15) is 13.2 Å². The van der Waals surface area contributed by atoms with Crippen LogP contribution in [-0.2, 0) is 21.3 Å². The molecule has 2 heterocycles. The molecule has 0 radical (unpaired) electrons. The highest BCUT2D eigenvalue weighted by Crippen LogP contribution is 2.22. The van der Waals surface area contributed by atoms with Gasteiger partial charge in [-0.25, -0.2) is 8.42 Å². The molecule has 0 aliphatic carbocycles. The summed E-state index contributed by atoms with van der Waals surface area (Å²) in [5.41, 5.74) is 0.828. The maximum atomic E-state index is 12.6. The highest BCUT2D eigenvalue weighted by molar-refractivity contribution is 7.89. The lowest BCUT2D eigenvalue weighted by atomic mass is 10.2. The maximum Gasteiger partial charge on any atom is 0.287 e. The zero-order valence-corrected chi connectivity index (χ0v) is 17.5. The summed E-state index contributed by atoms with van der Waals surface area (Å²) < 4.78 is 42.9. The Balaban J connectivity index is 1.38. The summed E-state index contributed by atoms with van der Waals surface area (Å²) >= 11 is 0. The number of morpholine rings is 1. The molecule has 9 heteroatoms. The van der Waals surface area contributed by atoms with E-state index in [0.717, 1.165) is 5.56 Å². The van der Waals surface area contributed by atoms with Crippen LogP contribution in [0.5, 0.6) is 11.5 Å². The van der Waals surface area contributed by atoms with E-state index >= 15 is 0 Å². The number of carbonyl (C=O) groups is 1. The molecule has 1 amide bonds. The summed E-state index contributed by atoms with van der Waals surface area (Å²) in [5.74, 6) is 0.796. The van der Waals surface area contributed by atoms with Crippen molar-refractivity contribution in [3.8, 4) is 11.5 Å². The Labute approximate surface area is 180 Å². The third-order valence-electron chi connectivity index (χ3n) is 4.70. The zero-order chi connectivity index (χ0) is 21.7. The van der Waals surface area contributed by atoms with Crippen molar-refractivity contribution in [2.24, 2.45) is 0 Å². The molecule has 1 fully saturated rings. The number of benzene rings is 2. The lowest BCUT2D eigenvalue weighted by molar-refractivity contribution is 0.0722. The average Bonchev–Trinajstić information content (AvgIpc) is 3.30. The quantitative estimate of drug-likeness (QED) is 0.604. The Hall–Kier alpha value is -3.14. The molecule has 8 nitrogen and oxygen atoms in total. The second kappa shape index (κ2) is 9.34. The monoisotopic (exact) mass is 442 g/mol. The number of hydrogen-bond acceptors (Lipinski definition) is 6. The molecule has 1 N–H and O–H groups in total. The fourth-order valence-corrected chi connectivity index (χ4v) is 4.43. The van der Waals surface area contributed by atoms with Crippen molar-refractivity contribution in [1.82, 2.24) is 9.62 Å². The van der Waals surface area contributed by atoms with Crippen LogP contribution in [0.2, 0.25) is 0 Å². The first-order valence-corrected chi connectivity index (χ1v) is 11.2. The molecule has 1 aliphatic heterocycles. The van der Waals surface area contributed by atoms with E-state index in [2.05, 4.69) is 5.32 Å². The van der Waals surface area contributed by atoms with Gasteiger partial charge in [-0.15, -0.1) is 0 Å². The molecule has 1 saturated heterocycles. The van der Waals surface area contributed by atoms with Crippen LogP contribution in [0.15, 0.2) is 76.2 Å². The van der Waals surface area contributed by atoms with Gasteiger partial charge in [0.25, 0.3) is 15.9 Å². The van der Waals surface area contributed by atoms with Crippen LogP contribution in [0.3, 0.4) is 0 Å². The van der Waals surface area contributed by atoms with E-state index in [4.69, 9.17) is 13.9 Å². The first-order valence-electron chi connectivity index (χ1n) is 9.80.